The molecule has 1 aromatic carbocycles. The fraction of sp³-hybridized carbons (Fsp3) is 0.600. The maximum Gasteiger partial charge on any atom is 0.126 e. The number of piperidine rings is 1. The maximum atomic E-state index is 5.94. The van der Waals surface area contributed by atoms with Gasteiger partial charge in [-0.3, -0.25) is 0 Å². The van der Waals surface area contributed by atoms with Crippen LogP contribution < -0.4 is 10.1 Å². The third-order valence-electron chi connectivity index (χ3n) is 3.73. The van der Waals surface area contributed by atoms with E-state index in [9.17, 15) is 0 Å². The lowest BCUT2D eigenvalue weighted by Crippen LogP contribution is -2.37. The highest BCUT2D eigenvalue weighted by Gasteiger charge is 2.24. The largest absolute Gasteiger partial charge is 0.487 e. The summed E-state index contributed by atoms with van der Waals surface area (Å²) in [4.78, 5) is 0. The first-order valence-corrected chi connectivity index (χ1v) is 6.90. The number of aryl methyl sites for hydroxylation is 1. The molecule has 18 heavy (non-hydrogen) atoms. The molecular weight excluding hydrogens is 226 g/mol. The molecular formula is C15H21NO2. The van der Waals surface area contributed by atoms with Crippen LogP contribution in [0, 0.1) is 6.92 Å². The van der Waals surface area contributed by atoms with Crippen LogP contribution in [0.3, 0.4) is 0 Å². The Labute approximate surface area is 108 Å². The molecule has 0 bridgehead atoms. The zero-order chi connectivity index (χ0) is 12.4. The minimum absolute atomic E-state index is 0.198. The molecule has 98 valence electrons. The van der Waals surface area contributed by atoms with Crippen LogP contribution in [0.1, 0.15) is 24.0 Å². The van der Waals surface area contributed by atoms with Crippen LogP contribution in [0.2, 0.25) is 0 Å². The van der Waals surface area contributed by atoms with Crippen molar-refractivity contribution >= 4 is 0 Å². The second-order valence-electron chi connectivity index (χ2n) is 5.36. The Bertz CT molecular complexity index is 413. The second-order valence-corrected chi connectivity index (χ2v) is 5.36. The van der Waals surface area contributed by atoms with Crippen molar-refractivity contribution in [1.29, 1.82) is 0 Å². The third kappa shape index (κ3) is 2.68. The Kier molecular flexibility index (Phi) is 3.52. The summed E-state index contributed by atoms with van der Waals surface area (Å²) in [6, 6.07) is 6.40. The first-order valence-electron chi connectivity index (χ1n) is 6.90. The molecule has 1 N–H and O–H groups in total. The molecule has 1 saturated heterocycles. The molecule has 2 aliphatic rings. The minimum Gasteiger partial charge on any atom is -0.487 e. The van der Waals surface area contributed by atoms with Gasteiger partial charge in [0, 0.05) is 13.0 Å². The van der Waals surface area contributed by atoms with Crippen LogP contribution in [-0.2, 0) is 11.2 Å². The number of hydrogen-bond donors (Lipinski definition) is 1. The molecule has 1 aromatic rings. The molecule has 2 heterocycles. The fourth-order valence-corrected chi connectivity index (χ4v) is 2.75. The van der Waals surface area contributed by atoms with E-state index in [0.29, 0.717) is 12.7 Å². The zero-order valence-electron chi connectivity index (χ0n) is 10.9. The molecule has 1 fully saturated rings. The van der Waals surface area contributed by atoms with Crippen LogP contribution in [0.25, 0.3) is 0 Å². The van der Waals surface area contributed by atoms with Crippen LogP contribution >= 0.6 is 0 Å². The van der Waals surface area contributed by atoms with Crippen molar-refractivity contribution in [2.24, 2.45) is 0 Å². The smallest absolute Gasteiger partial charge is 0.126 e. The molecule has 2 aliphatic heterocycles. The summed E-state index contributed by atoms with van der Waals surface area (Å²) in [6.45, 7) is 4.95. The van der Waals surface area contributed by atoms with Crippen molar-refractivity contribution in [1.82, 2.24) is 5.32 Å². The fourth-order valence-electron chi connectivity index (χ4n) is 2.75. The molecule has 3 nitrogen and oxygen atoms in total. The van der Waals surface area contributed by atoms with Crippen molar-refractivity contribution in [2.45, 2.75) is 38.4 Å². The van der Waals surface area contributed by atoms with E-state index in [-0.39, 0.29) is 6.10 Å². The number of nitrogens with one attached hydrogen (secondary N) is 1. The summed E-state index contributed by atoms with van der Waals surface area (Å²) in [5.41, 5.74) is 2.63. The van der Waals surface area contributed by atoms with Crippen molar-refractivity contribution in [3.8, 4) is 5.75 Å². The molecule has 0 saturated carbocycles. The summed E-state index contributed by atoms with van der Waals surface area (Å²) in [5, 5.41) is 3.37. The molecule has 3 heteroatoms. The Balaban J connectivity index is 1.51. The van der Waals surface area contributed by atoms with E-state index in [2.05, 4.69) is 30.4 Å². The van der Waals surface area contributed by atoms with Crippen LogP contribution in [-0.4, -0.2) is 31.9 Å². The van der Waals surface area contributed by atoms with Crippen molar-refractivity contribution in [3.63, 3.8) is 0 Å². The monoisotopic (exact) mass is 247 g/mol. The normalized spacial score (nSPS) is 26.7. The van der Waals surface area contributed by atoms with Crippen LogP contribution in [0.4, 0.5) is 0 Å². The number of rotatable bonds is 3. The van der Waals surface area contributed by atoms with E-state index in [1.807, 2.05) is 0 Å². The Morgan fingerprint density at radius 3 is 3.22 bits per heavy atom. The molecule has 0 aliphatic carbocycles. The van der Waals surface area contributed by atoms with Gasteiger partial charge in [0.1, 0.15) is 11.9 Å². The van der Waals surface area contributed by atoms with Crippen LogP contribution in [0.15, 0.2) is 18.2 Å². The Morgan fingerprint density at radius 1 is 1.44 bits per heavy atom. The quantitative estimate of drug-likeness (QED) is 0.887. The van der Waals surface area contributed by atoms with Crippen molar-refractivity contribution in [3.05, 3.63) is 29.3 Å². The lowest BCUT2D eigenvalue weighted by atomic mass is 10.1. The summed E-state index contributed by atoms with van der Waals surface area (Å²) in [6.07, 6.45) is 3.94. The van der Waals surface area contributed by atoms with Gasteiger partial charge in [0.25, 0.3) is 0 Å². The maximum absolute atomic E-state index is 5.94. The number of hydrogen-bond acceptors (Lipinski definition) is 3. The van der Waals surface area contributed by atoms with Crippen LogP contribution in [0.5, 0.6) is 5.75 Å². The van der Waals surface area contributed by atoms with E-state index in [0.717, 1.165) is 25.3 Å². The van der Waals surface area contributed by atoms with Gasteiger partial charge in [-0.25, -0.2) is 0 Å². The molecule has 0 aromatic heterocycles. The summed E-state index contributed by atoms with van der Waals surface area (Å²) in [7, 11) is 0. The molecule has 2 unspecified atom stereocenters. The lowest BCUT2D eigenvalue weighted by Gasteiger charge is -2.24. The molecule has 0 radical (unpaired) electrons. The van der Waals surface area contributed by atoms with Gasteiger partial charge in [-0.15, -0.1) is 0 Å². The predicted octanol–water partition coefficient (Wildman–Crippen LogP) is 2.07. The van der Waals surface area contributed by atoms with Gasteiger partial charge >= 0.3 is 0 Å². The second kappa shape index (κ2) is 5.29. The highest BCUT2D eigenvalue weighted by molar-refractivity contribution is 5.40. The third-order valence-corrected chi connectivity index (χ3v) is 3.73. The number of fused-ring (bicyclic) bond motifs is 1. The zero-order valence-corrected chi connectivity index (χ0v) is 10.9. The summed E-state index contributed by atoms with van der Waals surface area (Å²) in [5.74, 6) is 1.04. The minimum atomic E-state index is 0.198. The number of benzene rings is 1. The topological polar surface area (TPSA) is 30.5 Å². The lowest BCUT2D eigenvalue weighted by molar-refractivity contribution is -0.00365. The first kappa shape index (κ1) is 12.0. The van der Waals surface area contributed by atoms with Gasteiger partial charge < -0.3 is 14.8 Å². The highest BCUT2D eigenvalue weighted by Crippen LogP contribution is 2.29. The van der Waals surface area contributed by atoms with Crippen molar-refractivity contribution < 1.29 is 9.47 Å². The van der Waals surface area contributed by atoms with Crippen molar-refractivity contribution in [2.75, 3.05) is 19.7 Å². The first-order chi connectivity index (χ1) is 8.81. The average Bonchev–Trinajstić information content (AvgIpc) is 2.79. The van der Waals surface area contributed by atoms with Gasteiger partial charge in [-0.1, -0.05) is 17.7 Å². The predicted molar refractivity (Wildman–Crippen MR) is 71.1 cm³/mol. The highest BCUT2D eigenvalue weighted by atomic mass is 16.5. The van der Waals surface area contributed by atoms with E-state index >= 15 is 0 Å². The van der Waals surface area contributed by atoms with Gasteiger partial charge in [0.15, 0.2) is 0 Å². The Morgan fingerprint density at radius 2 is 2.39 bits per heavy atom. The summed E-state index contributed by atoms with van der Waals surface area (Å²) >= 11 is 0. The van der Waals surface area contributed by atoms with Gasteiger partial charge in [0.2, 0.25) is 0 Å². The average molecular weight is 247 g/mol. The Hall–Kier alpha value is -1.06. The van der Waals surface area contributed by atoms with E-state index in [1.54, 1.807) is 0 Å². The molecule has 0 amide bonds. The standard InChI is InChI=1S/C15H21NO2/c1-11-4-5-15-12(7-11)8-14(18-15)10-17-13-3-2-6-16-9-13/h4-5,7,13-14,16H,2-3,6,8-10H2,1H3. The SMILES string of the molecule is Cc1ccc2c(c1)CC(COC1CCCNC1)O2. The molecule has 3 rings (SSSR count). The van der Waals surface area contributed by atoms with E-state index in [1.165, 1.54) is 24.0 Å². The van der Waals surface area contributed by atoms with Gasteiger partial charge in [0.05, 0.1) is 12.7 Å². The van der Waals surface area contributed by atoms with Gasteiger partial charge in [-0.2, -0.15) is 0 Å². The molecule has 2 atom stereocenters. The summed E-state index contributed by atoms with van der Waals surface area (Å²) < 4.78 is 11.8. The van der Waals surface area contributed by atoms with E-state index < -0.39 is 0 Å². The van der Waals surface area contributed by atoms with Gasteiger partial charge in [-0.05, 0) is 37.9 Å². The molecule has 0 spiro atoms. The number of ether oxygens (including phenoxy) is 2. The van der Waals surface area contributed by atoms with E-state index in [4.69, 9.17) is 9.47 Å².